The molecule has 1 aliphatic rings. The molecule has 2 heterocycles. The molecule has 3 rings (SSSR count). The molecule has 1 unspecified atom stereocenters. The van der Waals surface area contributed by atoms with Gasteiger partial charge in [0, 0.05) is 24.4 Å². The van der Waals surface area contributed by atoms with Gasteiger partial charge in [-0.15, -0.1) is 23.7 Å². The summed E-state index contributed by atoms with van der Waals surface area (Å²) in [6.45, 7) is 1.27. The van der Waals surface area contributed by atoms with Gasteiger partial charge in [0.15, 0.2) is 0 Å². The van der Waals surface area contributed by atoms with Crippen LogP contribution in [-0.2, 0) is 12.8 Å². The van der Waals surface area contributed by atoms with Crippen molar-refractivity contribution >= 4 is 29.7 Å². The minimum atomic E-state index is -0.232. The summed E-state index contributed by atoms with van der Waals surface area (Å²) in [5.41, 5.74) is 6.96. The molecule has 1 aromatic carbocycles. The molecular weight excluding hydrogens is 349 g/mol. The number of likely N-dealkylation sites (tertiary alicyclic amines) is 1. The van der Waals surface area contributed by atoms with Crippen molar-refractivity contribution in [2.45, 2.75) is 31.7 Å². The number of nitrogens with zero attached hydrogens (tertiary/aromatic N) is 2. The summed E-state index contributed by atoms with van der Waals surface area (Å²) in [6, 6.07) is 6.72. The first-order chi connectivity index (χ1) is 11.2. The standard InChI is InChI=1S/C17H20FN3OS.ClH/c18-13-4-1-3-12(9-13)10-14-5-2-8-21(14)17(22)15-11-23-16(20-15)6-7-19;/h1,3-4,9,11,14H,2,5-8,10,19H2;1H. The number of hydrogen-bond acceptors (Lipinski definition) is 4. The van der Waals surface area contributed by atoms with Gasteiger partial charge in [0.05, 0.1) is 5.01 Å². The van der Waals surface area contributed by atoms with Gasteiger partial charge in [0.1, 0.15) is 11.5 Å². The highest BCUT2D eigenvalue weighted by molar-refractivity contribution is 7.09. The van der Waals surface area contributed by atoms with E-state index in [2.05, 4.69) is 4.98 Å². The van der Waals surface area contributed by atoms with Gasteiger partial charge in [-0.05, 0) is 43.5 Å². The molecule has 7 heteroatoms. The molecule has 4 nitrogen and oxygen atoms in total. The molecule has 0 spiro atoms. The van der Waals surface area contributed by atoms with E-state index < -0.39 is 0 Å². The Bertz CT molecular complexity index is 694. The fourth-order valence-electron chi connectivity index (χ4n) is 3.05. The van der Waals surface area contributed by atoms with Crippen molar-refractivity contribution in [3.63, 3.8) is 0 Å². The number of amides is 1. The van der Waals surface area contributed by atoms with E-state index in [0.717, 1.165) is 30.0 Å². The second kappa shape index (κ2) is 8.55. The van der Waals surface area contributed by atoms with E-state index in [0.29, 0.717) is 25.1 Å². The predicted octanol–water partition coefficient (Wildman–Crippen LogP) is 3.05. The lowest BCUT2D eigenvalue weighted by Crippen LogP contribution is -2.37. The number of carbonyl (C=O) groups excluding carboxylic acids is 1. The second-order valence-electron chi connectivity index (χ2n) is 5.79. The van der Waals surface area contributed by atoms with Crippen LogP contribution in [0.1, 0.15) is 33.9 Å². The third-order valence-corrected chi connectivity index (χ3v) is 5.04. The molecule has 1 atom stereocenters. The normalized spacial score (nSPS) is 16.9. The van der Waals surface area contributed by atoms with Crippen LogP contribution in [0.2, 0.25) is 0 Å². The van der Waals surface area contributed by atoms with E-state index in [1.165, 1.54) is 17.4 Å². The number of thiazole rings is 1. The zero-order chi connectivity index (χ0) is 16.2. The zero-order valence-corrected chi connectivity index (χ0v) is 14.9. The first-order valence-corrected chi connectivity index (χ1v) is 8.75. The Balaban J connectivity index is 0.00000208. The lowest BCUT2D eigenvalue weighted by Gasteiger charge is -2.24. The lowest BCUT2D eigenvalue weighted by molar-refractivity contribution is 0.0731. The van der Waals surface area contributed by atoms with E-state index >= 15 is 0 Å². The fraction of sp³-hybridized carbons (Fsp3) is 0.412. The van der Waals surface area contributed by atoms with Crippen LogP contribution in [0.5, 0.6) is 0 Å². The van der Waals surface area contributed by atoms with Crippen molar-refractivity contribution < 1.29 is 9.18 Å². The first kappa shape index (κ1) is 18.8. The molecule has 130 valence electrons. The number of benzene rings is 1. The molecule has 1 saturated heterocycles. The van der Waals surface area contributed by atoms with Crippen LogP contribution in [-0.4, -0.2) is 34.9 Å². The summed E-state index contributed by atoms with van der Waals surface area (Å²) in [5, 5.41) is 2.71. The van der Waals surface area contributed by atoms with E-state index in [-0.39, 0.29) is 30.2 Å². The van der Waals surface area contributed by atoms with Crippen molar-refractivity contribution in [2.75, 3.05) is 13.1 Å². The Morgan fingerprint density at radius 1 is 1.46 bits per heavy atom. The van der Waals surface area contributed by atoms with Gasteiger partial charge in [-0.3, -0.25) is 4.79 Å². The molecule has 1 aromatic heterocycles. The SMILES string of the molecule is Cl.NCCc1nc(C(=O)N2CCCC2Cc2cccc(F)c2)cs1. The van der Waals surface area contributed by atoms with E-state index in [1.54, 1.807) is 12.1 Å². The van der Waals surface area contributed by atoms with Crippen LogP contribution in [0.25, 0.3) is 0 Å². The average molecular weight is 370 g/mol. The molecule has 1 amide bonds. The van der Waals surface area contributed by atoms with Crippen molar-refractivity contribution in [1.29, 1.82) is 0 Å². The number of carbonyl (C=O) groups is 1. The number of nitrogens with two attached hydrogens (primary N) is 1. The highest BCUT2D eigenvalue weighted by Gasteiger charge is 2.30. The summed E-state index contributed by atoms with van der Waals surface area (Å²) in [5.74, 6) is -0.257. The molecule has 0 bridgehead atoms. The van der Waals surface area contributed by atoms with Crippen molar-refractivity contribution in [1.82, 2.24) is 9.88 Å². The van der Waals surface area contributed by atoms with E-state index in [4.69, 9.17) is 5.73 Å². The van der Waals surface area contributed by atoms with Crippen molar-refractivity contribution in [3.05, 3.63) is 51.7 Å². The zero-order valence-electron chi connectivity index (χ0n) is 13.3. The summed E-state index contributed by atoms with van der Waals surface area (Å²) in [7, 11) is 0. The molecule has 0 aliphatic carbocycles. The Kier molecular flexibility index (Phi) is 6.71. The Hall–Kier alpha value is -1.50. The average Bonchev–Trinajstić information content (AvgIpc) is 3.16. The van der Waals surface area contributed by atoms with Gasteiger partial charge < -0.3 is 10.6 Å². The molecule has 0 radical (unpaired) electrons. The minimum Gasteiger partial charge on any atom is -0.334 e. The summed E-state index contributed by atoms with van der Waals surface area (Å²) >= 11 is 1.48. The number of aromatic nitrogens is 1. The third-order valence-electron chi connectivity index (χ3n) is 4.13. The van der Waals surface area contributed by atoms with Gasteiger partial charge in [0.25, 0.3) is 5.91 Å². The lowest BCUT2D eigenvalue weighted by atomic mass is 10.0. The number of hydrogen-bond donors (Lipinski definition) is 1. The molecular formula is C17H21ClFN3OS. The first-order valence-electron chi connectivity index (χ1n) is 7.87. The van der Waals surface area contributed by atoms with Crippen molar-refractivity contribution in [2.24, 2.45) is 5.73 Å². The van der Waals surface area contributed by atoms with Crippen LogP contribution in [0.4, 0.5) is 4.39 Å². The van der Waals surface area contributed by atoms with Gasteiger partial charge in [-0.1, -0.05) is 12.1 Å². The highest BCUT2D eigenvalue weighted by atomic mass is 35.5. The fourth-order valence-corrected chi connectivity index (χ4v) is 3.83. The largest absolute Gasteiger partial charge is 0.334 e. The van der Waals surface area contributed by atoms with E-state index in [9.17, 15) is 9.18 Å². The van der Waals surface area contributed by atoms with Crippen molar-refractivity contribution in [3.8, 4) is 0 Å². The summed E-state index contributed by atoms with van der Waals surface area (Å²) in [6.07, 6.45) is 3.31. The third kappa shape index (κ3) is 4.32. The predicted molar refractivity (Wildman–Crippen MR) is 96.3 cm³/mol. The quantitative estimate of drug-likeness (QED) is 0.881. The van der Waals surface area contributed by atoms with Crippen LogP contribution >= 0.6 is 23.7 Å². The Labute approximate surface area is 151 Å². The van der Waals surface area contributed by atoms with Gasteiger partial charge in [0.2, 0.25) is 0 Å². The summed E-state index contributed by atoms with van der Waals surface area (Å²) < 4.78 is 13.3. The minimum absolute atomic E-state index is 0. The highest BCUT2D eigenvalue weighted by Crippen LogP contribution is 2.24. The molecule has 1 aliphatic heterocycles. The Morgan fingerprint density at radius 3 is 3.04 bits per heavy atom. The van der Waals surface area contributed by atoms with Crippen LogP contribution < -0.4 is 5.73 Å². The monoisotopic (exact) mass is 369 g/mol. The molecule has 2 aromatic rings. The maximum atomic E-state index is 13.3. The number of rotatable bonds is 5. The van der Waals surface area contributed by atoms with Gasteiger partial charge >= 0.3 is 0 Å². The molecule has 1 fully saturated rings. The molecule has 24 heavy (non-hydrogen) atoms. The maximum absolute atomic E-state index is 13.3. The maximum Gasteiger partial charge on any atom is 0.273 e. The summed E-state index contributed by atoms with van der Waals surface area (Å²) in [4.78, 5) is 19.0. The van der Waals surface area contributed by atoms with Gasteiger partial charge in [-0.2, -0.15) is 0 Å². The smallest absolute Gasteiger partial charge is 0.273 e. The van der Waals surface area contributed by atoms with Crippen LogP contribution in [0.15, 0.2) is 29.6 Å². The second-order valence-corrected chi connectivity index (χ2v) is 6.74. The molecule has 2 N–H and O–H groups in total. The number of halogens is 2. The van der Waals surface area contributed by atoms with Crippen LogP contribution in [0, 0.1) is 5.82 Å². The van der Waals surface area contributed by atoms with Gasteiger partial charge in [-0.25, -0.2) is 9.37 Å². The van der Waals surface area contributed by atoms with Crippen LogP contribution in [0.3, 0.4) is 0 Å². The molecule has 0 saturated carbocycles. The van der Waals surface area contributed by atoms with E-state index in [1.807, 2.05) is 16.3 Å². The Morgan fingerprint density at radius 2 is 2.29 bits per heavy atom. The topological polar surface area (TPSA) is 59.2 Å².